The number of aliphatic hydroxyl groups is 1. The van der Waals surface area contributed by atoms with Crippen molar-refractivity contribution in [1.29, 1.82) is 0 Å². The van der Waals surface area contributed by atoms with Crippen LogP contribution in [0.4, 0.5) is 11.6 Å². The Morgan fingerprint density at radius 2 is 1.89 bits per heavy atom. The molecule has 2 fully saturated rings. The van der Waals surface area contributed by atoms with Gasteiger partial charge >= 0.3 is 0 Å². The zero-order chi connectivity index (χ0) is 13.1. The molecule has 0 unspecified atom stereocenters. The van der Waals surface area contributed by atoms with Gasteiger partial charge in [0.25, 0.3) is 0 Å². The van der Waals surface area contributed by atoms with Crippen molar-refractivity contribution in [3.05, 3.63) is 12.4 Å². The Labute approximate surface area is 113 Å². The number of rotatable bonds is 5. The van der Waals surface area contributed by atoms with Crippen molar-refractivity contribution in [2.24, 2.45) is 5.92 Å². The average Bonchev–Trinajstić information content (AvgIpc) is 3.24. The minimum Gasteiger partial charge on any atom is -0.391 e. The van der Waals surface area contributed by atoms with Gasteiger partial charge in [-0.3, -0.25) is 0 Å². The average molecular weight is 262 g/mol. The molecule has 3 rings (SSSR count). The van der Waals surface area contributed by atoms with E-state index in [2.05, 4.69) is 20.6 Å². The van der Waals surface area contributed by atoms with Crippen molar-refractivity contribution in [3.63, 3.8) is 0 Å². The summed E-state index contributed by atoms with van der Waals surface area (Å²) in [5.74, 6) is 2.50. The number of hydrogen-bond donors (Lipinski definition) is 3. The first-order chi connectivity index (χ1) is 9.31. The number of nitrogens with zero attached hydrogens (tertiary/aromatic N) is 2. The topological polar surface area (TPSA) is 70.1 Å². The zero-order valence-corrected chi connectivity index (χ0v) is 11.2. The van der Waals surface area contributed by atoms with Crippen LogP contribution >= 0.6 is 0 Å². The van der Waals surface area contributed by atoms with Crippen LogP contribution in [0.25, 0.3) is 0 Å². The highest BCUT2D eigenvalue weighted by atomic mass is 16.3. The van der Waals surface area contributed by atoms with E-state index in [1.807, 2.05) is 6.07 Å². The molecule has 0 radical (unpaired) electrons. The van der Waals surface area contributed by atoms with E-state index in [-0.39, 0.29) is 12.1 Å². The molecule has 1 heterocycles. The lowest BCUT2D eigenvalue weighted by molar-refractivity contribution is 0.116. The first kappa shape index (κ1) is 12.7. The summed E-state index contributed by atoms with van der Waals surface area (Å²) in [6.07, 6.45) is 8.17. The molecule has 3 N–H and O–H groups in total. The zero-order valence-electron chi connectivity index (χ0n) is 11.2. The number of nitrogens with one attached hydrogen (secondary N) is 2. The summed E-state index contributed by atoms with van der Waals surface area (Å²) in [6, 6.07) is 2.06. The molecule has 5 nitrogen and oxygen atoms in total. The Bertz CT molecular complexity index is 422. The maximum Gasteiger partial charge on any atom is 0.131 e. The minimum absolute atomic E-state index is 0.125. The first-order valence-electron chi connectivity index (χ1n) is 7.32. The second-order valence-corrected chi connectivity index (χ2v) is 5.72. The van der Waals surface area contributed by atoms with Gasteiger partial charge < -0.3 is 15.7 Å². The smallest absolute Gasteiger partial charge is 0.131 e. The fourth-order valence-corrected chi connectivity index (χ4v) is 2.57. The minimum atomic E-state index is -0.258. The molecule has 19 heavy (non-hydrogen) atoms. The third kappa shape index (κ3) is 3.56. The lowest BCUT2D eigenvalue weighted by Gasteiger charge is -2.28. The van der Waals surface area contributed by atoms with Gasteiger partial charge in [0.2, 0.25) is 0 Å². The van der Waals surface area contributed by atoms with Crippen LogP contribution in [-0.4, -0.2) is 33.8 Å². The molecule has 2 saturated carbocycles. The molecule has 0 aromatic carbocycles. The molecule has 0 bridgehead atoms. The molecule has 2 aliphatic rings. The maximum atomic E-state index is 9.96. The van der Waals surface area contributed by atoms with Crippen LogP contribution in [0, 0.1) is 5.92 Å². The van der Waals surface area contributed by atoms with Gasteiger partial charge in [0.1, 0.15) is 18.0 Å². The van der Waals surface area contributed by atoms with E-state index in [1.54, 1.807) is 6.33 Å². The molecule has 0 spiro atoms. The SMILES string of the molecule is O[C@H]1CCCC[C@@H]1Nc1cc(NCC2CC2)ncn1. The van der Waals surface area contributed by atoms with Gasteiger partial charge in [-0.15, -0.1) is 0 Å². The predicted molar refractivity (Wildman–Crippen MR) is 75.1 cm³/mol. The van der Waals surface area contributed by atoms with E-state index < -0.39 is 0 Å². The third-order valence-electron chi connectivity index (χ3n) is 4.00. The Kier molecular flexibility index (Phi) is 3.82. The second kappa shape index (κ2) is 5.74. The van der Waals surface area contributed by atoms with Gasteiger partial charge in [0.05, 0.1) is 12.1 Å². The van der Waals surface area contributed by atoms with E-state index in [4.69, 9.17) is 0 Å². The predicted octanol–water partition coefficient (Wildman–Crippen LogP) is 2.01. The van der Waals surface area contributed by atoms with Crippen molar-refractivity contribution >= 4 is 11.6 Å². The van der Waals surface area contributed by atoms with Gasteiger partial charge in [-0.2, -0.15) is 0 Å². The van der Waals surface area contributed by atoms with Crippen LogP contribution in [0.15, 0.2) is 12.4 Å². The van der Waals surface area contributed by atoms with Crippen molar-refractivity contribution in [3.8, 4) is 0 Å². The summed E-state index contributed by atoms with van der Waals surface area (Å²) in [6.45, 7) is 1.00. The number of hydrogen-bond acceptors (Lipinski definition) is 5. The summed E-state index contributed by atoms with van der Waals surface area (Å²) in [5.41, 5.74) is 0. The van der Waals surface area contributed by atoms with Crippen LogP contribution in [0.1, 0.15) is 38.5 Å². The van der Waals surface area contributed by atoms with Crippen LogP contribution in [0.2, 0.25) is 0 Å². The molecule has 2 atom stereocenters. The standard InChI is InChI=1S/C14H22N4O/c19-12-4-2-1-3-11(12)18-14-7-13(16-9-17-14)15-8-10-5-6-10/h7,9-12,19H,1-6,8H2,(H2,15,16,17,18)/t11-,12-/m0/s1. The third-order valence-corrected chi connectivity index (χ3v) is 4.00. The molecule has 1 aromatic heterocycles. The second-order valence-electron chi connectivity index (χ2n) is 5.72. The number of aromatic nitrogens is 2. The normalized spacial score (nSPS) is 27.0. The van der Waals surface area contributed by atoms with Crippen LogP contribution < -0.4 is 10.6 Å². The molecule has 104 valence electrons. The van der Waals surface area contributed by atoms with E-state index in [1.165, 1.54) is 19.3 Å². The van der Waals surface area contributed by atoms with Crippen molar-refractivity contribution in [2.45, 2.75) is 50.7 Å². The Morgan fingerprint density at radius 3 is 2.68 bits per heavy atom. The Balaban J connectivity index is 1.58. The maximum absolute atomic E-state index is 9.96. The van der Waals surface area contributed by atoms with Gasteiger partial charge in [0, 0.05) is 12.6 Å². The van der Waals surface area contributed by atoms with Crippen LogP contribution in [-0.2, 0) is 0 Å². The highest BCUT2D eigenvalue weighted by Crippen LogP contribution is 2.29. The lowest BCUT2D eigenvalue weighted by Crippen LogP contribution is -2.36. The molecule has 1 aromatic rings. The van der Waals surface area contributed by atoms with Gasteiger partial charge in [-0.05, 0) is 31.6 Å². The molecule has 0 saturated heterocycles. The van der Waals surface area contributed by atoms with E-state index >= 15 is 0 Å². The highest BCUT2D eigenvalue weighted by molar-refractivity contribution is 5.47. The van der Waals surface area contributed by atoms with Crippen molar-refractivity contribution in [1.82, 2.24) is 9.97 Å². The fraction of sp³-hybridized carbons (Fsp3) is 0.714. The summed E-state index contributed by atoms with van der Waals surface area (Å²) in [4.78, 5) is 8.46. The molecule has 2 aliphatic carbocycles. The summed E-state index contributed by atoms with van der Waals surface area (Å²) < 4.78 is 0. The van der Waals surface area contributed by atoms with Crippen LogP contribution in [0.3, 0.4) is 0 Å². The molecular weight excluding hydrogens is 240 g/mol. The van der Waals surface area contributed by atoms with Crippen LogP contribution in [0.5, 0.6) is 0 Å². The van der Waals surface area contributed by atoms with Gasteiger partial charge in [0.15, 0.2) is 0 Å². The number of aliphatic hydroxyl groups excluding tert-OH is 1. The summed E-state index contributed by atoms with van der Waals surface area (Å²) in [5, 5.41) is 16.6. The summed E-state index contributed by atoms with van der Waals surface area (Å²) in [7, 11) is 0. The lowest BCUT2D eigenvalue weighted by atomic mass is 9.93. The van der Waals surface area contributed by atoms with E-state index in [0.717, 1.165) is 43.4 Å². The summed E-state index contributed by atoms with van der Waals surface area (Å²) >= 11 is 0. The largest absolute Gasteiger partial charge is 0.391 e. The van der Waals surface area contributed by atoms with E-state index in [0.29, 0.717) is 0 Å². The number of anilines is 2. The monoisotopic (exact) mass is 262 g/mol. The first-order valence-corrected chi connectivity index (χ1v) is 7.32. The van der Waals surface area contributed by atoms with Gasteiger partial charge in [-0.1, -0.05) is 12.8 Å². The molecule has 5 heteroatoms. The Morgan fingerprint density at radius 1 is 1.11 bits per heavy atom. The van der Waals surface area contributed by atoms with E-state index in [9.17, 15) is 5.11 Å². The molecule has 0 amide bonds. The molecule has 0 aliphatic heterocycles. The fourth-order valence-electron chi connectivity index (χ4n) is 2.57. The molecular formula is C14H22N4O. The van der Waals surface area contributed by atoms with Crippen molar-refractivity contribution in [2.75, 3.05) is 17.2 Å². The van der Waals surface area contributed by atoms with Crippen molar-refractivity contribution < 1.29 is 5.11 Å². The quantitative estimate of drug-likeness (QED) is 0.757. The highest BCUT2D eigenvalue weighted by Gasteiger charge is 2.23. The Hall–Kier alpha value is -1.36. The van der Waals surface area contributed by atoms with Gasteiger partial charge in [-0.25, -0.2) is 9.97 Å².